The van der Waals surface area contributed by atoms with E-state index in [0.717, 1.165) is 18.5 Å². The zero-order chi connectivity index (χ0) is 16.8. The van der Waals surface area contributed by atoms with Crippen LogP contribution in [0.25, 0.3) is 17.0 Å². The highest BCUT2D eigenvalue weighted by molar-refractivity contribution is 7.92. The molecule has 0 bridgehead atoms. The number of nitrogens with one attached hydrogen (secondary N) is 1. The molecule has 0 aliphatic rings. The molecule has 3 rings (SSSR count). The van der Waals surface area contributed by atoms with Crippen molar-refractivity contribution in [3.05, 3.63) is 77.8 Å². The van der Waals surface area contributed by atoms with Crippen LogP contribution in [0.3, 0.4) is 0 Å². The third-order valence-electron chi connectivity index (χ3n) is 3.80. The normalized spacial score (nSPS) is 12.2. The average molecular weight is 340 g/mol. The van der Waals surface area contributed by atoms with Gasteiger partial charge in [0.15, 0.2) is 0 Å². The second-order valence-corrected chi connectivity index (χ2v) is 7.23. The standard InChI is InChI=1S/C19H20N2O2S/c22-24(23,16-12-17-7-2-1-3-8-17)20-13-6-14-21-15-11-18-9-4-5-10-19(18)21/h1-5,7-12,15-16,20H,6,13-14H2/b16-12+. The summed E-state index contributed by atoms with van der Waals surface area (Å²) in [6.07, 6.45) is 4.37. The van der Waals surface area contributed by atoms with E-state index in [4.69, 9.17) is 0 Å². The first-order valence-corrected chi connectivity index (χ1v) is 9.45. The minimum Gasteiger partial charge on any atom is -0.347 e. The molecule has 0 fully saturated rings. The number of benzene rings is 2. The van der Waals surface area contributed by atoms with Gasteiger partial charge in [-0.15, -0.1) is 0 Å². The van der Waals surface area contributed by atoms with Crippen LogP contribution in [-0.4, -0.2) is 19.5 Å². The summed E-state index contributed by atoms with van der Waals surface area (Å²) in [6.45, 7) is 1.19. The lowest BCUT2D eigenvalue weighted by atomic mass is 10.2. The summed E-state index contributed by atoms with van der Waals surface area (Å²) in [5.41, 5.74) is 2.03. The van der Waals surface area contributed by atoms with Crippen LogP contribution in [0.1, 0.15) is 12.0 Å². The van der Waals surface area contributed by atoms with E-state index in [9.17, 15) is 8.42 Å². The van der Waals surface area contributed by atoms with Gasteiger partial charge in [0.1, 0.15) is 0 Å². The zero-order valence-electron chi connectivity index (χ0n) is 13.3. The molecule has 0 unspecified atom stereocenters. The smallest absolute Gasteiger partial charge is 0.233 e. The summed E-state index contributed by atoms with van der Waals surface area (Å²) in [4.78, 5) is 0. The minimum atomic E-state index is -3.40. The summed E-state index contributed by atoms with van der Waals surface area (Å²) in [7, 11) is -3.40. The molecule has 0 atom stereocenters. The van der Waals surface area contributed by atoms with Crippen molar-refractivity contribution in [3.8, 4) is 0 Å². The number of hydrogen-bond donors (Lipinski definition) is 1. The van der Waals surface area contributed by atoms with Crippen molar-refractivity contribution in [3.63, 3.8) is 0 Å². The lowest BCUT2D eigenvalue weighted by Gasteiger charge is -2.06. The molecule has 1 aromatic heterocycles. The fourth-order valence-corrected chi connectivity index (χ4v) is 3.44. The van der Waals surface area contributed by atoms with Gasteiger partial charge in [-0.3, -0.25) is 0 Å². The summed E-state index contributed by atoms with van der Waals surface area (Å²) >= 11 is 0. The van der Waals surface area contributed by atoms with Gasteiger partial charge in [-0.05, 0) is 35.6 Å². The van der Waals surface area contributed by atoms with Crippen LogP contribution in [-0.2, 0) is 16.6 Å². The van der Waals surface area contributed by atoms with Crippen LogP contribution >= 0.6 is 0 Å². The van der Waals surface area contributed by atoms with E-state index in [-0.39, 0.29) is 0 Å². The Morgan fingerprint density at radius 3 is 2.54 bits per heavy atom. The van der Waals surface area contributed by atoms with Gasteiger partial charge in [0.25, 0.3) is 0 Å². The molecule has 24 heavy (non-hydrogen) atoms. The van der Waals surface area contributed by atoms with E-state index in [1.54, 1.807) is 6.08 Å². The number of hydrogen-bond acceptors (Lipinski definition) is 2. The van der Waals surface area contributed by atoms with Gasteiger partial charge >= 0.3 is 0 Å². The van der Waals surface area contributed by atoms with Crippen molar-refractivity contribution in [1.82, 2.24) is 9.29 Å². The Morgan fingerprint density at radius 1 is 0.958 bits per heavy atom. The third-order valence-corrected chi connectivity index (χ3v) is 4.90. The van der Waals surface area contributed by atoms with Crippen molar-refractivity contribution in [2.45, 2.75) is 13.0 Å². The predicted octanol–water partition coefficient (Wildman–Crippen LogP) is 3.62. The van der Waals surface area contributed by atoms with Crippen LogP contribution in [0.2, 0.25) is 0 Å². The highest BCUT2D eigenvalue weighted by Crippen LogP contribution is 2.15. The van der Waals surface area contributed by atoms with Crippen molar-refractivity contribution in [1.29, 1.82) is 0 Å². The molecule has 4 nitrogen and oxygen atoms in total. The second-order valence-electron chi connectivity index (χ2n) is 5.57. The van der Waals surface area contributed by atoms with Crippen molar-refractivity contribution >= 4 is 27.0 Å². The molecule has 0 spiro atoms. The Hall–Kier alpha value is -2.37. The van der Waals surface area contributed by atoms with Gasteiger partial charge in [0.05, 0.1) is 0 Å². The lowest BCUT2D eigenvalue weighted by molar-refractivity contribution is 0.580. The van der Waals surface area contributed by atoms with E-state index in [2.05, 4.69) is 27.5 Å². The molecule has 0 amide bonds. The first kappa shape index (κ1) is 16.5. The highest BCUT2D eigenvalue weighted by Gasteiger charge is 2.05. The van der Waals surface area contributed by atoms with Crippen LogP contribution in [0, 0.1) is 0 Å². The molecule has 3 aromatic rings. The number of rotatable bonds is 7. The van der Waals surface area contributed by atoms with Crippen LogP contribution in [0.15, 0.2) is 72.3 Å². The molecule has 2 aromatic carbocycles. The molecule has 1 heterocycles. The number of sulfonamides is 1. The van der Waals surface area contributed by atoms with E-state index >= 15 is 0 Å². The maximum absolute atomic E-state index is 12.0. The van der Waals surface area contributed by atoms with Crippen molar-refractivity contribution < 1.29 is 8.42 Å². The maximum atomic E-state index is 12.0. The van der Waals surface area contributed by atoms with E-state index < -0.39 is 10.0 Å². The summed E-state index contributed by atoms with van der Waals surface area (Å²) in [5, 5.41) is 2.41. The Morgan fingerprint density at radius 2 is 1.71 bits per heavy atom. The third kappa shape index (κ3) is 4.34. The van der Waals surface area contributed by atoms with Gasteiger partial charge in [-0.1, -0.05) is 48.5 Å². The first-order chi connectivity index (χ1) is 11.6. The average Bonchev–Trinajstić information content (AvgIpc) is 3.01. The number of aromatic nitrogens is 1. The van der Waals surface area contributed by atoms with Crippen LogP contribution in [0.4, 0.5) is 0 Å². The highest BCUT2D eigenvalue weighted by atomic mass is 32.2. The Balaban J connectivity index is 1.51. The second kappa shape index (κ2) is 7.47. The summed E-state index contributed by atoms with van der Waals surface area (Å²) in [5.74, 6) is 0. The Bertz CT molecular complexity index is 928. The van der Waals surface area contributed by atoms with Crippen molar-refractivity contribution in [2.24, 2.45) is 0 Å². The summed E-state index contributed by atoms with van der Waals surface area (Å²) in [6, 6.07) is 19.6. The van der Waals surface area contributed by atoms with E-state index in [0.29, 0.717) is 6.54 Å². The van der Waals surface area contributed by atoms with Gasteiger partial charge in [0, 0.05) is 30.2 Å². The van der Waals surface area contributed by atoms with Gasteiger partial charge < -0.3 is 4.57 Å². The van der Waals surface area contributed by atoms with E-state index in [1.807, 2.05) is 48.7 Å². The molecule has 0 saturated heterocycles. The molecule has 1 N–H and O–H groups in total. The molecular weight excluding hydrogens is 320 g/mol. The lowest BCUT2D eigenvalue weighted by Crippen LogP contribution is -2.23. The molecule has 0 saturated carbocycles. The molecular formula is C19H20N2O2S. The molecule has 0 aliphatic carbocycles. The fourth-order valence-electron chi connectivity index (χ4n) is 2.58. The topological polar surface area (TPSA) is 51.1 Å². The SMILES string of the molecule is O=S(=O)(/C=C/c1ccccc1)NCCCn1ccc2ccccc21. The summed E-state index contributed by atoms with van der Waals surface area (Å²) < 4.78 is 28.7. The largest absolute Gasteiger partial charge is 0.347 e. The van der Waals surface area contributed by atoms with Crippen LogP contribution < -0.4 is 4.72 Å². The molecule has 0 aliphatic heterocycles. The predicted molar refractivity (Wildman–Crippen MR) is 99.0 cm³/mol. The number of aryl methyl sites for hydroxylation is 1. The van der Waals surface area contributed by atoms with Gasteiger partial charge in [-0.25, -0.2) is 13.1 Å². The fraction of sp³-hybridized carbons (Fsp3) is 0.158. The van der Waals surface area contributed by atoms with E-state index in [1.165, 1.54) is 16.3 Å². The van der Waals surface area contributed by atoms with Gasteiger partial charge in [0.2, 0.25) is 10.0 Å². The molecule has 0 radical (unpaired) electrons. The number of nitrogens with zero attached hydrogens (tertiary/aromatic N) is 1. The maximum Gasteiger partial charge on any atom is 0.233 e. The zero-order valence-corrected chi connectivity index (χ0v) is 14.1. The van der Waals surface area contributed by atoms with Gasteiger partial charge in [-0.2, -0.15) is 0 Å². The number of fused-ring (bicyclic) bond motifs is 1. The number of para-hydroxylation sites is 1. The first-order valence-electron chi connectivity index (χ1n) is 7.91. The quantitative estimate of drug-likeness (QED) is 0.668. The van der Waals surface area contributed by atoms with Crippen LogP contribution in [0.5, 0.6) is 0 Å². The Labute approximate surface area is 142 Å². The Kier molecular flexibility index (Phi) is 5.13. The van der Waals surface area contributed by atoms with Crippen molar-refractivity contribution in [2.75, 3.05) is 6.54 Å². The molecule has 5 heteroatoms. The monoisotopic (exact) mass is 340 g/mol. The minimum absolute atomic E-state index is 0.411. The molecule has 124 valence electrons.